The molecular weight excluding hydrogens is 414 g/mol. The summed E-state index contributed by atoms with van der Waals surface area (Å²) in [6.07, 6.45) is 3.03. The number of carbonyl (C=O) groups is 2. The van der Waals surface area contributed by atoms with E-state index in [2.05, 4.69) is 20.6 Å². The van der Waals surface area contributed by atoms with E-state index in [4.69, 9.17) is 9.47 Å². The second-order valence-electron chi connectivity index (χ2n) is 8.37. The van der Waals surface area contributed by atoms with Gasteiger partial charge in [-0.3, -0.25) is 10.1 Å². The molecule has 3 rings (SSSR count). The van der Waals surface area contributed by atoms with Crippen LogP contribution in [-0.2, 0) is 16.6 Å². The molecule has 1 fully saturated rings. The fourth-order valence-corrected chi connectivity index (χ4v) is 3.60. The maximum Gasteiger partial charge on any atom is 0.412 e. The van der Waals surface area contributed by atoms with Gasteiger partial charge in [-0.2, -0.15) is 0 Å². The van der Waals surface area contributed by atoms with Gasteiger partial charge in [0.25, 0.3) is 0 Å². The maximum atomic E-state index is 12.2. The Kier molecular flexibility index (Phi) is 7.66. The lowest BCUT2D eigenvalue weighted by Gasteiger charge is -2.27. The third kappa shape index (κ3) is 5.74. The normalized spacial score (nSPS) is 19.2. The fraction of sp³-hybridized carbons (Fsp3) is 0.591. The molecule has 1 aliphatic carbocycles. The Morgan fingerprint density at radius 3 is 2.81 bits per heavy atom. The van der Waals surface area contributed by atoms with Gasteiger partial charge in [0.1, 0.15) is 5.75 Å². The molecule has 0 saturated heterocycles. The minimum absolute atomic E-state index is 0.148. The number of hydrogen-bond donors (Lipinski definition) is 2. The van der Waals surface area contributed by atoms with Gasteiger partial charge in [0.05, 0.1) is 30.0 Å². The molecule has 0 spiro atoms. The molecule has 2 aromatic heterocycles. The van der Waals surface area contributed by atoms with Gasteiger partial charge in [0.15, 0.2) is 11.5 Å². The molecule has 32 heavy (non-hydrogen) atoms. The van der Waals surface area contributed by atoms with E-state index in [-0.39, 0.29) is 17.9 Å². The summed E-state index contributed by atoms with van der Waals surface area (Å²) in [5.74, 6) is 0.132. The summed E-state index contributed by atoms with van der Waals surface area (Å²) >= 11 is 0. The van der Waals surface area contributed by atoms with Crippen LogP contribution >= 0.6 is 0 Å². The van der Waals surface area contributed by atoms with Crippen molar-refractivity contribution in [2.75, 3.05) is 11.9 Å². The second kappa shape index (κ2) is 10.4. The highest BCUT2D eigenvalue weighted by Crippen LogP contribution is 2.31. The molecule has 0 bridgehead atoms. The number of nitrogens with zero attached hydrogens (tertiary/aromatic N) is 4. The molecule has 1 aliphatic rings. The van der Waals surface area contributed by atoms with Crippen LogP contribution in [0, 0.1) is 18.8 Å². The number of aromatic nitrogens is 4. The molecule has 1 saturated carbocycles. The first kappa shape index (κ1) is 23.5. The zero-order chi connectivity index (χ0) is 23.3. The van der Waals surface area contributed by atoms with Gasteiger partial charge in [0.2, 0.25) is 0 Å². The summed E-state index contributed by atoms with van der Waals surface area (Å²) in [6.45, 7) is 6.20. The number of rotatable bonds is 8. The smallest absolute Gasteiger partial charge is 0.412 e. The lowest BCUT2D eigenvalue weighted by molar-refractivity contribution is -0.143. The van der Waals surface area contributed by atoms with Crippen molar-refractivity contribution < 1.29 is 24.2 Å². The van der Waals surface area contributed by atoms with Gasteiger partial charge in [-0.15, -0.1) is 5.10 Å². The van der Waals surface area contributed by atoms with Crippen LogP contribution in [-0.4, -0.2) is 49.9 Å². The van der Waals surface area contributed by atoms with Crippen molar-refractivity contribution >= 4 is 17.9 Å². The first-order valence-electron chi connectivity index (χ1n) is 11.0. The van der Waals surface area contributed by atoms with Gasteiger partial charge in [-0.1, -0.05) is 25.5 Å². The van der Waals surface area contributed by atoms with Crippen molar-refractivity contribution in [3.05, 3.63) is 17.8 Å². The SMILES string of the molecule is CCC(C)COC(=O)Nc1c(-c2ccc(O[C@H]3CCC[C@H](C(=O)O)C3)c(C)n2)nnn1C. The number of ether oxygens (including phenoxy) is 2. The lowest BCUT2D eigenvalue weighted by atomic mass is 9.87. The molecule has 3 atom stereocenters. The summed E-state index contributed by atoms with van der Waals surface area (Å²) in [4.78, 5) is 28.1. The van der Waals surface area contributed by atoms with Crippen molar-refractivity contribution in [2.24, 2.45) is 18.9 Å². The highest BCUT2D eigenvalue weighted by molar-refractivity contribution is 5.88. The monoisotopic (exact) mass is 445 g/mol. The number of amides is 1. The maximum absolute atomic E-state index is 12.2. The Morgan fingerprint density at radius 1 is 1.34 bits per heavy atom. The molecule has 174 valence electrons. The number of carboxylic acid groups (broad SMARTS) is 1. The van der Waals surface area contributed by atoms with Crippen LogP contribution in [0.15, 0.2) is 12.1 Å². The van der Waals surface area contributed by atoms with Gasteiger partial charge in [-0.05, 0) is 50.7 Å². The zero-order valence-electron chi connectivity index (χ0n) is 19.0. The number of carboxylic acids is 1. The molecule has 0 aromatic carbocycles. The average molecular weight is 446 g/mol. The number of aryl methyl sites for hydroxylation is 2. The third-order valence-corrected chi connectivity index (χ3v) is 5.79. The Hall–Kier alpha value is -3.17. The minimum atomic E-state index is -0.770. The van der Waals surface area contributed by atoms with Crippen molar-refractivity contribution in [2.45, 2.75) is 59.0 Å². The molecule has 1 unspecified atom stereocenters. The summed E-state index contributed by atoms with van der Waals surface area (Å²) in [5.41, 5.74) is 1.61. The predicted molar refractivity (Wildman–Crippen MR) is 117 cm³/mol. The number of pyridine rings is 1. The van der Waals surface area contributed by atoms with Gasteiger partial charge >= 0.3 is 12.1 Å². The van der Waals surface area contributed by atoms with Crippen LogP contribution in [0.4, 0.5) is 10.6 Å². The minimum Gasteiger partial charge on any atom is -0.489 e. The van der Waals surface area contributed by atoms with Crippen LogP contribution in [0.2, 0.25) is 0 Å². The van der Waals surface area contributed by atoms with Crippen LogP contribution in [0.5, 0.6) is 5.75 Å². The highest BCUT2D eigenvalue weighted by atomic mass is 16.5. The Morgan fingerprint density at radius 2 is 2.12 bits per heavy atom. The van der Waals surface area contributed by atoms with Crippen LogP contribution in [0.25, 0.3) is 11.4 Å². The average Bonchev–Trinajstić information content (AvgIpc) is 3.13. The summed E-state index contributed by atoms with van der Waals surface area (Å²) < 4.78 is 12.8. The number of aliphatic carboxylic acids is 1. The zero-order valence-corrected chi connectivity index (χ0v) is 19.0. The molecule has 10 nitrogen and oxygen atoms in total. The van der Waals surface area contributed by atoms with Gasteiger partial charge in [-0.25, -0.2) is 14.5 Å². The van der Waals surface area contributed by atoms with Crippen molar-refractivity contribution in [3.63, 3.8) is 0 Å². The van der Waals surface area contributed by atoms with Crippen molar-refractivity contribution in [1.29, 1.82) is 0 Å². The largest absolute Gasteiger partial charge is 0.489 e. The predicted octanol–water partition coefficient (Wildman–Crippen LogP) is 3.80. The van der Waals surface area contributed by atoms with E-state index in [1.807, 2.05) is 20.8 Å². The van der Waals surface area contributed by atoms with Crippen LogP contribution in [0.1, 0.15) is 51.6 Å². The number of nitrogens with one attached hydrogen (secondary N) is 1. The topological polar surface area (TPSA) is 128 Å². The molecule has 2 N–H and O–H groups in total. The van der Waals surface area contributed by atoms with Crippen molar-refractivity contribution in [3.8, 4) is 17.1 Å². The van der Waals surface area contributed by atoms with Crippen molar-refractivity contribution in [1.82, 2.24) is 20.0 Å². The molecule has 1 amide bonds. The quantitative estimate of drug-likeness (QED) is 0.628. The molecule has 10 heteroatoms. The number of anilines is 1. The molecule has 0 aliphatic heterocycles. The first-order chi connectivity index (χ1) is 15.3. The van der Waals surface area contributed by atoms with E-state index < -0.39 is 12.1 Å². The molecular formula is C22H31N5O5. The van der Waals surface area contributed by atoms with Gasteiger partial charge < -0.3 is 14.6 Å². The van der Waals surface area contributed by atoms with E-state index in [0.717, 1.165) is 19.3 Å². The Bertz CT molecular complexity index is 960. The molecule has 2 heterocycles. The van der Waals surface area contributed by atoms with E-state index in [1.165, 1.54) is 4.68 Å². The Labute approximate surface area is 187 Å². The molecule has 2 aromatic rings. The Balaban J connectivity index is 1.71. The number of carbonyl (C=O) groups excluding carboxylic acids is 1. The van der Waals surface area contributed by atoms with E-state index in [9.17, 15) is 14.7 Å². The fourth-order valence-electron chi connectivity index (χ4n) is 3.60. The van der Waals surface area contributed by atoms with Crippen LogP contribution in [0.3, 0.4) is 0 Å². The van der Waals surface area contributed by atoms with Crippen LogP contribution < -0.4 is 10.1 Å². The summed E-state index contributed by atoms with van der Waals surface area (Å²) in [7, 11) is 1.67. The van der Waals surface area contributed by atoms with Gasteiger partial charge in [0, 0.05) is 7.05 Å². The first-order valence-corrected chi connectivity index (χ1v) is 11.0. The van der Waals surface area contributed by atoms with E-state index in [0.29, 0.717) is 48.1 Å². The van der Waals surface area contributed by atoms with E-state index >= 15 is 0 Å². The standard InChI is InChI=1S/C22H31N5O5/c1-5-13(2)12-31-22(30)24-20-19(25-26-27(20)4)17-9-10-18(14(3)23-17)32-16-8-6-7-15(11-16)21(28)29/h9-10,13,15-16H,5-8,11-12H2,1-4H3,(H,24,30)(H,28,29)/t13?,15-,16-/m0/s1. The highest BCUT2D eigenvalue weighted by Gasteiger charge is 2.28. The lowest BCUT2D eigenvalue weighted by Crippen LogP contribution is -2.29. The summed E-state index contributed by atoms with van der Waals surface area (Å²) in [5, 5.41) is 20.1. The van der Waals surface area contributed by atoms with E-state index in [1.54, 1.807) is 19.2 Å². The number of hydrogen-bond acceptors (Lipinski definition) is 7. The second-order valence-corrected chi connectivity index (χ2v) is 8.37. The third-order valence-electron chi connectivity index (χ3n) is 5.79. The molecule has 0 radical (unpaired) electrons. The summed E-state index contributed by atoms with van der Waals surface area (Å²) in [6, 6.07) is 3.54.